The van der Waals surface area contributed by atoms with Gasteiger partial charge in [0.2, 0.25) is 4.80 Å². The van der Waals surface area contributed by atoms with Crippen LogP contribution in [0.25, 0.3) is 22.2 Å². The molecule has 2 aromatic heterocycles. The standard InChI is InChI=1S/C25H21BrN4O5S/c26-17-6-9-23-15(10-17)12-20(24(32)35-23)21-14-36-25(29(21)18-4-2-1-3-5-18)28-27-13-16-11-19(30(33)34)7-8-22(16)31/h6-14,18,31H,1-5H2/b27-13-,28-25-. The van der Waals surface area contributed by atoms with E-state index in [0.29, 0.717) is 15.9 Å². The van der Waals surface area contributed by atoms with Crippen molar-refractivity contribution >= 4 is 50.1 Å². The number of halogens is 1. The maximum Gasteiger partial charge on any atom is 0.345 e. The molecular formula is C25H21BrN4O5S. The molecule has 0 atom stereocenters. The van der Waals surface area contributed by atoms with Gasteiger partial charge in [-0.1, -0.05) is 35.2 Å². The van der Waals surface area contributed by atoms with Gasteiger partial charge in [-0.2, -0.15) is 5.10 Å². The number of phenols is 1. The van der Waals surface area contributed by atoms with E-state index in [9.17, 15) is 20.0 Å². The minimum Gasteiger partial charge on any atom is -0.507 e. The Morgan fingerprint density at radius 2 is 1.97 bits per heavy atom. The van der Waals surface area contributed by atoms with Gasteiger partial charge in [-0.15, -0.1) is 16.4 Å². The average Bonchev–Trinajstić information content (AvgIpc) is 3.29. The molecule has 5 rings (SSSR count). The highest BCUT2D eigenvalue weighted by Gasteiger charge is 2.22. The second-order valence-corrected chi connectivity index (χ2v) is 10.3. The number of fused-ring (bicyclic) bond motifs is 1. The summed E-state index contributed by atoms with van der Waals surface area (Å²) in [5.74, 6) is -0.133. The molecule has 0 bridgehead atoms. The largest absolute Gasteiger partial charge is 0.507 e. The molecule has 0 spiro atoms. The molecule has 1 aliphatic carbocycles. The van der Waals surface area contributed by atoms with Crippen LogP contribution in [0.15, 0.2) is 71.7 Å². The van der Waals surface area contributed by atoms with Crippen LogP contribution in [0.4, 0.5) is 5.69 Å². The molecule has 1 N–H and O–H groups in total. The van der Waals surface area contributed by atoms with Crippen LogP contribution in [-0.2, 0) is 0 Å². The summed E-state index contributed by atoms with van der Waals surface area (Å²) in [6.45, 7) is 0. The minimum atomic E-state index is -0.538. The van der Waals surface area contributed by atoms with Crippen molar-refractivity contribution in [2.45, 2.75) is 38.1 Å². The van der Waals surface area contributed by atoms with Crippen LogP contribution in [0.1, 0.15) is 43.7 Å². The van der Waals surface area contributed by atoms with Crippen molar-refractivity contribution in [2.24, 2.45) is 10.2 Å². The molecule has 1 aliphatic rings. The summed E-state index contributed by atoms with van der Waals surface area (Å²) in [7, 11) is 0. The second-order valence-electron chi connectivity index (χ2n) is 8.54. The third-order valence-electron chi connectivity index (χ3n) is 6.21. The average molecular weight is 569 g/mol. The van der Waals surface area contributed by atoms with Crippen LogP contribution in [0, 0.1) is 10.1 Å². The first-order chi connectivity index (χ1) is 17.4. The molecule has 2 heterocycles. The highest BCUT2D eigenvalue weighted by atomic mass is 79.9. The number of nitrogens with zero attached hydrogens (tertiary/aromatic N) is 4. The van der Waals surface area contributed by atoms with Gasteiger partial charge in [-0.25, -0.2) is 4.79 Å². The SMILES string of the molecule is O=c1oc2ccc(Br)cc2cc1-c1cs/c(=N\N=C/c2cc([N+](=O)[O-])ccc2O)n1C1CCCCC1. The third-order valence-corrected chi connectivity index (χ3v) is 7.54. The molecule has 184 valence electrons. The van der Waals surface area contributed by atoms with Gasteiger partial charge >= 0.3 is 5.63 Å². The summed E-state index contributed by atoms with van der Waals surface area (Å²) in [4.78, 5) is 24.1. The molecule has 9 nitrogen and oxygen atoms in total. The maximum absolute atomic E-state index is 13.0. The Labute approximate surface area is 217 Å². The Morgan fingerprint density at radius 3 is 2.75 bits per heavy atom. The van der Waals surface area contributed by atoms with E-state index in [-0.39, 0.29) is 23.0 Å². The molecule has 0 radical (unpaired) electrons. The zero-order valence-corrected chi connectivity index (χ0v) is 21.4. The van der Waals surface area contributed by atoms with Crippen molar-refractivity contribution in [3.63, 3.8) is 0 Å². The van der Waals surface area contributed by atoms with Gasteiger partial charge < -0.3 is 14.1 Å². The monoisotopic (exact) mass is 568 g/mol. The van der Waals surface area contributed by atoms with Crippen molar-refractivity contribution < 1.29 is 14.4 Å². The van der Waals surface area contributed by atoms with Crippen molar-refractivity contribution in [3.05, 3.63) is 83.2 Å². The van der Waals surface area contributed by atoms with Gasteiger partial charge in [0.1, 0.15) is 11.3 Å². The molecule has 0 aliphatic heterocycles. The molecule has 4 aromatic rings. The molecule has 1 saturated carbocycles. The van der Waals surface area contributed by atoms with Crippen molar-refractivity contribution in [2.75, 3.05) is 0 Å². The number of hydrogen-bond donors (Lipinski definition) is 1. The topological polar surface area (TPSA) is 123 Å². The minimum absolute atomic E-state index is 0.133. The fraction of sp³-hybridized carbons (Fsp3) is 0.240. The van der Waals surface area contributed by atoms with Gasteiger partial charge in [0.25, 0.3) is 5.69 Å². The van der Waals surface area contributed by atoms with E-state index in [1.807, 2.05) is 28.1 Å². The molecule has 0 unspecified atom stereocenters. The van der Waals surface area contributed by atoms with Gasteiger partial charge in [0, 0.05) is 39.0 Å². The maximum atomic E-state index is 13.0. The Bertz CT molecular complexity index is 1610. The molecule has 0 amide bonds. The number of hydrogen-bond acceptors (Lipinski definition) is 8. The van der Waals surface area contributed by atoms with E-state index in [1.54, 1.807) is 6.07 Å². The van der Waals surface area contributed by atoms with Gasteiger partial charge in [0.15, 0.2) is 0 Å². The molecule has 36 heavy (non-hydrogen) atoms. The zero-order valence-electron chi connectivity index (χ0n) is 19.0. The Morgan fingerprint density at radius 1 is 1.17 bits per heavy atom. The van der Waals surface area contributed by atoms with Gasteiger partial charge in [-0.05, 0) is 43.2 Å². The van der Waals surface area contributed by atoms with Crippen molar-refractivity contribution in [1.29, 1.82) is 0 Å². The Balaban J connectivity index is 1.61. The van der Waals surface area contributed by atoms with Crippen LogP contribution in [0.3, 0.4) is 0 Å². The molecule has 0 saturated heterocycles. The number of benzene rings is 2. The fourth-order valence-corrected chi connectivity index (χ4v) is 5.75. The van der Waals surface area contributed by atoms with Crippen LogP contribution >= 0.6 is 27.3 Å². The summed E-state index contributed by atoms with van der Waals surface area (Å²) in [6.07, 6.45) is 6.52. The number of non-ortho nitro benzene ring substituents is 1. The lowest BCUT2D eigenvalue weighted by Gasteiger charge is -2.25. The summed E-state index contributed by atoms with van der Waals surface area (Å²) < 4.78 is 8.54. The number of nitro benzene ring substituents is 1. The van der Waals surface area contributed by atoms with E-state index in [1.165, 1.54) is 42.2 Å². The number of thiazole rings is 1. The zero-order chi connectivity index (χ0) is 25.2. The van der Waals surface area contributed by atoms with Crippen molar-refractivity contribution in [3.8, 4) is 17.0 Å². The first kappa shape index (κ1) is 24.1. The quantitative estimate of drug-likeness (QED) is 0.134. The molecule has 11 heteroatoms. The highest BCUT2D eigenvalue weighted by Crippen LogP contribution is 2.32. The molecule has 1 fully saturated rings. The van der Waals surface area contributed by atoms with E-state index in [4.69, 9.17) is 4.42 Å². The number of aromatic nitrogens is 1. The van der Waals surface area contributed by atoms with Gasteiger partial charge in [-0.3, -0.25) is 10.1 Å². The van der Waals surface area contributed by atoms with Crippen LogP contribution in [0.5, 0.6) is 5.75 Å². The van der Waals surface area contributed by atoms with Crippen molar-refractivity contribution in [1.82, 2.24) is 4.57 Å². The summed E-state index contributed by atoms with van der Waals surface area (Å²) in [5.41, 5.74) is 1.29. The predicted octanol–water partition coefficient (Wildman–Crippen LogP) is 6.14. The number of phenolic OH excluding ortho intramolecular Hbond substituents is 1. The summed E-state index contributed by atoms with van der Waals surface area (Å²) >= 11 is 4.82. The number of rotatable bonds is 5. The highest BCUT2D eigenvalue weighted by molar-refractivity contribution is 9.10. The fourth-order valence-electron chi connectivity index (χ4n) is 4.45. The van der Waals surface area contributed by atoms with Crippen LogP contribution in [-0.4, -0.2) is 20.8 Å². The number of aromatic hydroxyl groups is 1. The first-order valence-corrected chi connectivity index (χ1v) is 13.1. The lowest BCUT2D eigenvalue weighted by atomic mass is 9.95. The lowest BCUT2D eigenvalue weighted by molar-refractivity contribution is -0.384. The second kappa shape index (κ2) is 10.2. The third kappa shape index (κ3) is 4.89. The van der Waals surface area contributed by atoms with Crippen LogP contribution in [0.2, 0.25) is 0 Å². The predicted molar refractivity (Wildman–Crippen MR) is 142 cm³/mol. The van der Waals surface area contributed by atoms with E-state index in [0.717, 1.165) is 41.2 Å². The molecule has 2 aromatic carbocycles. The molecular weight excluding hydrogens is 548 g/mol. The Kier molecular flexibility index (Phi) is 6.84. The number of nitro groups is 1. The van der Waals surface area contributed by atoms with Crippen LogP contribution < -0.4 is 10.4 Å². The summed E-state index contributed by atoms with van der Waals surface area (Å²) in [5, 5.41) is 32.3. The first-order valence-electron chi connectivity index (χ1n) is 11.4. The van der Waals surface area contributed by atoms with E-state index < -0.39 is 10.5 Å². The van der Waals surface area contributed by atoms with E-state index in [2.05, 4.69) is 26.1 Å². The Hall–Kier alpha value is -3.57. The lowest BCUT2D eigenvalue weighted by Crippen LogP contribution is -2.24. The smallest absolute Gasteiger partial charge is 0.345 e. The van der Waals surface area contributed by atoms with Gasteiger partial charge in [0.05, 0.1) is 22.4 Å². The normalized spacial score (nSPS) is 15.2. The summed E-state index contributed by atoms with van der Waals surface area (Å²) in [6, 6.07) is 11.2. The van der Waals surface area contributed by atoms with E-state index >= 15 is 0 Å².